The summed E-state index contributed by atoms with van der Waals surface area (Å²) in [6, 6.07) is 14.3. The number of hydrogen-bond donors (Lipinski definition) is 2. The molecule has 0 aliphatic heterocycles. The predicted molar refractivity (Wildman–Crippen MR) is 121 cm³/mol. The van der Waals surface area contributed by atoms with Crippen LogP contribution in [0.15, 0.2) is 53.7 Å². The normalized spacial score (nSPS) is 10.5. The van der Waals surface area contributed by atoms with Gasteiger partial charge in [-0.05, 0) is 50.2 Å². The second-order valence-electron chi connectivity index (χ2n) is 6.76. The van der Waals surface area contributed by atoms with Crippen LogP contribution in [0.4, 0.5) is 0 Å². The van der Waals surface area contributed by atoms with E-state index in [0.717, 1.165) is 11.3 Å². The van der Waals surface area contributed by atoms with Crippen LogP contribution in [0, 0.1) is 6.92 Å². The molecule has 0 fully saturated rings. The van der Waals surface area contributed by atoms with E-state index in [0.29, 0.717) is 28.8 Å². The van der Waals surface area contributed by atoms with Gasteiger partial charge in [0.1, 0.15) is 18.1 Å². The number of hydrazine groups is 1. The molecule has 3 aromatic rings. The second-order valence-corrected chi connectivity index (χ2v) is 7.71. The van der Waals surface area contributed by atoms with Gasteiger partial charge in [0.25, 0.3) is 5.91 Å². The highest BCUT2D eigenvalue weighted by Gasteiger charge is 2.14. The molecule has 168 valence electrons. The van der Waals surface area contributed by atoms with Crippen LogP contribution < -0.4 is 20.3 Å². The molecule has 2 N–H and O–H groups in total. The fraction of sp³-hybridized carbons (Fsp3) is 0.273. The summed E-state index contributed by atoms with van der Waals surface area (Å²) in [6.07, 6.45) is 0. The van der Waals surface area contributed by atoms with E-state index in [1.54, 1.807) is 31.4 Å². The van der Waals surface area contributed by atoms with E-state index in [2.05, 4.69) is 21.0 Å². The van der Waals surface area contributed by atoms with E-state index < -0.39 is 5.91 Å². The molecule has 0 unspecified atom stereocenters. The molecule has 10 heteroatoms. The lowest BCUT2D eigenvalue weighted by Gasteiger charge is -2.10. The number of amides is 2. The van der Waals surface area contributed by atoms with Crippen LogP contribution >= 0.6 is 11.8 Å². The number of methoxy groups -OCH3 is 1. The van der Waals surface area contributed by atoms with Gasteiger partial charge < -0.3 is 14.0 Å². The minimum atomic E-state index is -0.418. The van der Waals surface area contributed by atoms with Crippen LogP contribution in [0.2, 0.25) is 0 Å². The summed E-state index contributed by atoms with van der Waals surface area (Å²) < 4.78 is 12.7. The van der Waals surface area contributed by atoms with E-state index in [1.807, 2.05) is 42.7 Å². The van der Waals surface area contributed by atoms with Crippen LogP contribution in [-0.2, 0) is 17.9 Å². The SMILES string of the molecule is CCn1c(COc2ccc(C)cc2)nnc1SCC(=O)NNC(=O)c1ccc(OC)cc1. The lowest BCUT2D eigenvalue weighted by Crippen LogP contribution is -2.42. The van der Waals surface area contributed by atoms with Gasteiger partial charge in [-0.1, -0.05) is 29.5 Å². The Balaban J connectivity index is 1.48. The topological polar surface area (TPSA) is 107 Å². The molecule has 0 bridgehead atoms. The van der Waals surface area contributed by atoms with Crippen molar-refractivity contribution in [1.29, 1.82) is 0 Å². The number of aromatic nitrogens is 3. The lowest BCUT2D eigenvalue weighted by atomic mass is 10.2. The number of ether oxygens (including phenoxy) is 2. The summed E-state index contributed by atoms with van der Waals surface area (Å²) in [5.41, 5.74) is 6.36. The summed E-state index contributed by atoms with van der Waals surface area (Å²) >= 11 is 1.23. The maximum absolute atomic E-state index is 12.1. The fourth-order valence-electron chi connectivity index (χ4n) is 2.74. The molecular formula is C22H25N5O4S. The zero-order chi connectivity index (χ0) is 22.9. The average Bonchev–Trinajstić information content (AvgIpc) is 3.22. The number of nitrogens with one attached hydrogen (secondary N) is 2. The number of aryl methyl sites for hydroxylation is 1. The molecule has 1 heterocycles. The van der Waals surface area contributed by atoms with Crippen LogP contribution in [0.1, 0.15) is 28.7 Å². The highest BCUT2D eigenvalue weighted by molar-refractivity contribution is 7.99. The van der Waals surface area contributed by atoms with Gasteiger partial charge in [-0.25, -0.2) is 0 Å². The third-order valence-corrected chi connectivity index (χ3v) is 5.47. The van der Waals surface area contributed by atoms with Crippen LogP contribution in [0.5, 0.6) is 11.5 Å². The fourth-order valence-corrected chi connectivity index (χ4v) is 3.56. The maximum atomic E-state index is 12.1. The molecular weight excluding hydrogens is 430 g/mol. The predicted octanol–water partition coefficient (Wildman–Crippen LogP) is 2.75. The molecule has 9 nitrogen and oxygen atoms in total. The second kappa shape index (κ2) is 11.2. The Morgan fingerprint density at radius 1 is 1.00 bits per heavy atom. The summed E-state index contributed by atoms with van der Waals surface area (Å²) in [5, 5.41) is 8.95. The molecule has 3 rings (SSSR count). The van der Waals surface area contributed by atoms with Gasteiger partial charge >= 0.3 is 0 Å². The molecule has 0 aliphatic rings. The Bertz CT molecular complexity index is 1050. The Morgan fingerprint density at radius 2 is 1.69 bits per heavy atom. The smallest absolute Gasteiger partial charge is 0.269 e. The number of rotatable bonds is 9. The van der Waals surface area contributed by atoms with Crippen molar-refractivity contribution in [3.63, 3.8) is 0 Å². The summed E-state index contributed by atoms with van der Waals surface area (Å²) in [7, 11) is 1.55. The highest BCUT2D eigenvalue weighted by atomic mass is 32.2. The molecule has 0 aliphatic carbocycles. The van der Waals surface area contributed by atoms with Crippen molar-refractivity contribution in [2.45, 2.75) is 32.2 Å². The molecule has 0 saturated carbocycles. The van der Waals surface area contributed by atoms with Crippen LogP contribution in [-0.4, -0.2) is 39.4 Å². The first-order valence-electron chi connectivity index (χ1n) is 9.97. The van der Waals surface area contributed by atoms with Gasteiger partial charge in [-0.15, -0.1) is 10.2 Å². The molecule has 0 atom stereocenters. The van der Waals surface area contributed by atoms with Crippen molar-refractivity contribution in [3.05, 3.63) is 65.5 Å². The maximum Gasteiger partial charge on any atom is 0.269 e. The third kappa shape index (κ3) is 6.24. The Labute approximate surface area is 190 Å². The molecule has 0 spiro atoms. The quantitative estimate of drug-likeness (QED) is 0.377. The summed E-state index contributed by atoms with van der Waals surface area (Å²) in [6.45, 7) is 4.89. The van der Waals surface area contributed by atoms with E-state index in [-0.39, 0.29) is 18.3 Å². The summed E-state index contributed by atoms with van der Waals surface area (Å²) in [5.74, 6) is 1.36. The zero-order valence-corrected chi connectivity index (χ0v) is 18.9. The van der Waals surface area contributed by atoms with Gasteiger partial charge in [0.05, 0.1) is 12.9 Å². The lowest BCUT2D eigenvalue weighted by molar-refractivity contribution is -0.119. The first-order chi connectivity index (χ1) is 15.5. The molecule has 0 radical (unpaired) electrons. The van der Waals surface area contributed by atoms with E-state index in [1.165, 1.54) is 11.8 Å². The van der Waals surface area contributed by atoms with Crippen molar-refractivity contribution in [1.82, 2.24) is 25.6 Å². The Morgan fingerprint density at radius 3 is 2.34 bits per heavy atom. The molecule has 0 saturated heterocycles. The van der Waals surface area contributed by atoms with Crippen molar-refractivity contribution in [2.75, 3.05) is 12.9 Å². The standard InChI is InChI=1S/C22H25N5O4S/c1-4-27-19(13-31-18-9-5-15(2)6-10-18)23-26-22(27)32-14-20(28)24-25-21(29)16-7-11-17(30-3)12-8-16/h5-12H,4,13-14H2,1-3H3,(H,24,28)(H,25,29). The first-order valence-corrected chi connectivity index (χ1v) is 11.0. The minimum absolute atomic E-state index is 0.0693. The van der Waals surface area contributed by atoms with Gasteiger partial charge in [-0.2, -0.15) is 0 Å². The van der Waals surface area contributed by atoms with Crippen molar-refractivity contribution < 1.29 is 19.1 Å². The van der Waals surface area contributed by atoms with Gasteiger partial charge in [-0.3, -0.25) is 20.4 Å². The van der Waals surface area contributed by atoms with Crippen molar-refractivity contribution in [3.8, 4) is 11.5 Å². The average molecular weight is 456 g/mol. The number of benzene rings is 2. The molecule has 2 aromatic carbocycles. The largest absolute Gasteiger partial charge is 0.497 e. The van der Waals surface area contributed by atoms with Crippen LogP contribution in [0.25, 0.3) is 0 Å². The number of hydrogen-bond acceptors (Lipinski definition) is 7. The van der Waals surface area contributed by atoms with E-state index in [9.17, 15) is 9.59 Å². The van der Waals surface area contributed by atoms with Crippen LogP contribution in [0.3, 0.4) is 0 Å². The number of carbonyl (C=O) groups is 2. The monoisotopic (exact) mass is 455 g/mol. The first kappa shape index (κ1) is 23.1. The van der Waals surface area contributed by atoms with Crippen molar-refractivity contribution in [2.24, 2.45) is 0 Å². The van der Waals surface area contributed by atoms with E-state index >= 15 is 0 Å². The van der Waals surface area contributed by atoms with E-state index in [4.69, 9.17) is 9.47 Å². The van der Waals surface area contributed by atoms with Gasteiger partial charge in [0.15, 0.2) is 11.0 Å². The molecule has 1 aromatic heterocycles. The van der Waals surface area contributed by atoms with Gasteiger partial charge in [0, 0.05) is 12.1 Å². The number of thioether (sulfide) groups is 1. The zero-order valence-electron chi connectivity index (χ0n) is 18.1. The molecule has 2 amide bonds. The number of carbonyl (C=O) groups excluding carboxylic acids is 2. The van der Waals surface area contributed by atoms with Gasteiger partial charge in [0.2, 0.25) is 5.91 Å². The number of nitrogens with zero attached hydrogens (tertiary/aromatic N) is 3. The third-order valence-electron chi connectivity index (χ3n) is 4.50. The minimum Gasteiger partial charge on any atom is -0.497 e. The highest BCUT2D eigenvalue weighted by Crippen LogP contribution is 2.19. The summed E-state index contributed by atoms with van der Waals surface area (Å²) in [4.78, 5) is 24.3. The van der Waals surface area contributed by atoms with Crippen molar-refractivity contribution >= 4 is 23.6 Å². The Kier molecular flexibility index (Phi) is 8.09. The Hall–Kier alpha value is -3.53. The molecule has 32 heavy (non-hydrogen) atoms.